The molecule has 0 aliphatic rings. The Morgan fingerprint density at radius 1 is 0.419 bits per heavy atom. The Hall–Kier alpha value is -3.68. The largest absolute Gasteiger partial charge is 0.248 e. The molecule has 0 spiro atoms. The lowest BCUT2D eigenvalue weighted by Crippen LogP contribution is -1.93. The zero-order valence-electron chi connectivity index (χ0n) is 16.9. The lowest BCUT2D eigenvalue weighted by molar-refractivity contribution is 1.32. The van der Waals surface area contributed by atoms with Crippen molar-refractivity contribution in [2.75, 3.05) is 0 Å². The van der Waals surface area contributed by atoms with Crippen molar-refractivity contribution in [1.29, 1.82) is 0 Å². The van der Waals surface area contributed by atoms with E-state index in [0.717, 1.165) is 44.8 Å². The first-order chi connectivity index (χ1) is 15.3. The molecule has 0 fully saturated rings. The normalized spacial score (nSPS) is 10.7. The van der Waals surface area contributed by atoms with E-state index in [1.165, 1.54) is 0 Å². The fourth-order valence-corrected chi connectivity index (χ4v) is 4.13. The van der Waals surface area contributed by atoms with Gasteiger partial charge in [0.05, 0.1) is 11.4 Å². The predicted molar refractivity (Wildman–Crippen MR) is 131 cm³/mol. The van der Waals surface area contributed by atoms with Crippen molar-refractivity contribution in [2.24, 2.45) is 0 Å². The summed E-state index contributed by atoms with van der Waals surface area (Å²) < 4.78 is 0. The maximum absolute atomic E-state index is 6.61. The summed E-state index contributed by atoms with van der Waals surface area (Å²) in [7, 11) is 0. The molecule has 0 saturated heterocycles. The highest BCUT2D eigenvalue weighted by atomic mass is 35.5. The summed E-state index contributed by atoms with van der Waals surface area (Å²) in [6.45, 7) is 0. The van der Waals surface area contributed by atoms with Crippen LogP contribution in [0.15, 0.2) is 121 Å². The maximum atomic E-state index is 6.61. The van der Waals surface area contributed by atoms with Gasteiger partial charge in [0.1, 0.15) is 0 Å². The minimum Gasteiger partial charge on any atom is -0.248 e. The van der Waals surface area contributed by atoms with E-state index in [1.54, 1.807) is 0 Å². The van der Waals surface area contributed by atoms with Crippen LogP contribution in [-0.4, -0.2) is 4.98 Å². The summed E-state index contributed by atoms with van der Waals surface area (Å²) in [4.78, 5) is 5.06. The molecule has 0 unspecified atom stereocenters. The van der Waals surface area contributed by atoms with Gasteiger partial charge in [0.2, 0.25) is 0 Å². The second-order valence-electron chi connectivity index (χ2n) is 7.38. The number of benzene rings is 4. The third-order valence-electron chi connectivity index (χ3n) is 5.37. The molecule has 5 rings (SSSR count). The van der Waals surface area contributed by atoms with Gasteiger partial charge >= 0.3 is 0 Å². The van der Waals surface area contributed by atoms with E-state index < -0.39 is 0 Å². The molecule has 5 aromatic rings. The number of rotatable bonds is 4. The smallest absolute Gasteiger partial charge is 0.0730 e. The van der Waals surface area contributed by atoms with Crippen molar-refractivity contribution in [3.05, 3.63) is 126 Å². The first-order valence-electron chi connectivity index (χ1n) is 10.3. The lowest BCUT2D eigenvalue weighted by atomic mass is 9.95. The van der Waals surface area contributed by atoms with Gasteiger partial charge in [-0.15, -0.1) is 0 Å². The van der Waals surface area contributed by atoms with E-state index in [9.17, 15) is 0 Å². The molecule has 0 saturated carbocycles. The van der Waals surface area contributed by atoms with Crippen molar-refractivity contribution in [3.8, 4) is 44.8 Å². The van der Waals surface area contributed by atoms with Crippen molar-refractivity contribution in [3.63, 3.8) is 0 Å². The molecule has 2 heteroatoms. The van der Waals surface area contributed by atoms with Crippen LogP contribution in [-0.2, 0) is 0 Å². The van der Waals surface area contributed by atoms with Crippen LogP contribution in [0.25, 0.3) is 44.8 Å². The van der Waals surface area contributed by atoms with Crippen molar-refractivity contribution < 1.29 is 0 Å². The van der Waals surface area contributed by atoms with E-state index in [-0.39, 0.29) is 0 Å². The Morgan fingerprint density at radius 2 is 0.774 bits per heavy atom. The molecule has 0 bridgehead atoms. The molecular formula is C29H20ClN. The van der Waals surface area contributed by atoms with Crippen LogP contribution in [0.4, 0.5) is 0 Å². The van der Waals surface area contributed by atoms with Crippen LogP contribution in [0, 0.1) is 0 Å². The molecule has 0 atom stereocenters. The monoisotopic (exact) mass is 417 g/mol. The third-order valence-corrected chi connectivity index (χ3v) is 5.58. The number of hydrogen-bond acceptors (Lipinski definition) is 1. The Labute approximate surface area is 187 Å². The van der Waals surface area contributed by atoms with Gasteiger partial charge in [-0.25, -0.2) is 4.98 Å². The maximum Gasteiger partial charge on any atom is 0.0730 e. The molecule has 31 heavy (non-hydrogen) atoms. The predicted octanol–water partition coefficient (Wildman–Crippen LogP) is 8.40. The highest BCUT2D eigenvalue weighted by molar-refractivity contribution is 6.31. The summed E-state index contributed by atoms with van der Waals surface area (Å²) >= 11 is 6.61. The third kappa shape index (κ3) is 4.01. The first kappa shape index (κ1) is 19.3. The van der Waals surface area contributed by atoms with Gasteiger partial charge < -0.3 is 0 Å². The number of halogens is 1. The van der Waals surface area contributed by atoms with Gasteiger partial charge in [-0.1, -0.05) is 121 Å². The summed E-state index contributed by atoms with van der Waals surface area (Å²) in [6, 6.07) is 41.3. The van der Waals surface area contributed by atoms with Gasteiger partial charge in [0.25, 0.3) is 0 Å². The Kier molecular flexibility index (Phi) is 5.35. The fourth-order valence-electron chi connectivity index (χ4n) is 3.92. The van der Waals surface area contributed by atoms with Gasteiger partial charge in [0, 0.05) is 16.1 Å². The zero-order chi connectivity index (χ0) is 21.0. The van der Waals surface area contributed by atoms with Gasteiger partial charge in [-0.3, -0.25) is 0 Å². The number of hydrogen-bond donors (Lipinski definition) is 0. The molecule has 0 amide bonds. The average molecular weight is 418 g/mol. The standard InChI is InChI=1S/C29H20ClN/c30-23-19-28(26-17-9-7-15-24(26)21-11-3-1-4-12-21)31-29(20-23)27-18-10-8-16-25(27)22-13-5-2-6-14-22/h1-20H. The molecule has 0 aliphatic carbocycles. The molecular weight excluding hydrogens is 398 g/mol. The van der Waals surface area contributed by atoms with E-state index in [0.29, 0.717) is 5.02 Å². The lowest BCUT2D eigenvalue weighted by Gasteiger charge is -2.14. The van der Waals surface area contributed by atoms with Crippen LogP contribution in [0.1, 0.15) is 0 Å². The minimum absolute atomic E-state index is 0.672. The second kappa shape index (κ2) is 8.59. The summed E-state index contributed by atoms with van der Waals surface area (Å²) in [5.41, 5.74) is 8.46. The topological polar surface area (TPSA) is 12.9 Å². The molecule has 4 aromatic carbocycles. The van der Waals surface area contributed by atoms with E-state index >= 15 is 0 Å². The summed E-state index contributed by atoms with van der Waals surface area (Å²) in [5.74, 6) is 0. The minimum atomic E-state index is 0.672. The van der Waals surface area contributed by atoms with Crippen LogP contribution < -0.4 is 0 Å². The van der Waals surface area contributed by atoms with Crippen molar-refractivity contribution >= 4 is 11.6 Å². The first-order valence-corrected chi connectivity index (χ1v) is 10.6. The quantitative estimate of drug-likeness (QED) is 0.286. The summed E-state index contributed by atoms with van der Waals surface area (Å²) in [6.07, 6.45) is 0. The average Bonchev–Trinajstić information content (AvgIpc) is 2.85. The van der Waals surface area contributed by atoms with Gasteiger partial charge in [-0.05, 0) is 34.4 Å². The highest BCUT2D eigenvalue weighted by Gasteiger charge is 2.13. The van der Waals surface area contributed by atoms with Gasteiger partial charge in [-0.2, -0.15) is 0 Å². The molecule has 148 valence electrons. The SMILES string of the molecule is Clc1cc(-c2ccccc2-c2ccccc2)nc(-c2ccccc2-c2ccccc2)c1. The highest BCUT2D eigenvalue weighted by Crippen LogP contribution is 2.36. The molecule has 1 nitrogen and oxygen atoms in total. The zero-order valence-corrected chi connectivity index (χ0v) is 17.6. The fraction of sp³-hybridized carbons (Fsp3) is 0. The van der Waals surface area contributed by atoms with Crippen molar-refractivity contribution in [2.45, 2.75) is 0 Å². The van der Waals surface area contributed by atoms with E-state index in [2.05, 4.69) is 84.9 Å². The molecule has 0 aliphatic heterocycles. The van der Waals surface area contributed by atoms with Crippen LogP contribution in [0.3, 0.4) is 0 Å². The number of pyridine rings is 1. The number of nitrogens with zero attached hydrogens (tertiary/aromatic N) is 1. The number of aromatic nitrogens is 1. The molecule has 0 radical (unpaired) electrons. The molecule has 0 N–H and O–H groups in total. The van der Waals surface area contributed by atoms with Crippen LogP contribution in [0.5, 0.6) is 0 Å². The Balaban J connectivity index is 1.68. The molecule has 1 aromatic heterocycles. The van der Waals surface area contributed by atoms with Crippen molar-refractivity contribution in [1.82, 2.24) is 4.98 Å². The second-order valence-corrected chi connectivity index (χ2v) is 7.82. The van der Waals surface area contributed by atoms with Crippen LogP contribution in [0.2, 0.25) is 5.02 Å². The van der Waals surface area contributed by atoms with Gasteiger partial charge in [0.15, 0.2) is 0 Å². The Morgan fingerprint density at radius 3 is 1.19 bits per heavy atom. The van der Waals surface area contributed by atoms with E-state index in [4.69, 9.17) is 16.6 Å². The Bertz CT molecular complexity index is 1230. The molecule has 1 heterocycles. The van der Waals surface area contributed by atoms with Crippen LogP contribution >= 0.6 is 11.6 Å². The van der Waals surface area contributed by atoms with E-state index in [1.807, 2.05) is 36.4 Å². The summed E-state index contributed by atoms with van der Waals surface area (Å²) in [5, 5.41) is 0.672.